The molecule has 2 N–H and O–H groups in total. The molecule has 0 radical (unpaired) electrons. The molecular formula is C11H12ClF3N2O2. The molecule has 106 valence electrons. The van der Waals surface area contributed by atoms with Crippen molar-refractivity contribution in [3.8, 4) is 17.6 Å². The largest absolute Gasteiger partial charge is 0.573 e. The molecule has 0 bridgehead atoms. The highest BCUT2D eigenvalue weighted by Crippen LogP contribution is 2.32. The van der Waals surface area contributed by atoms with Crippen LogP contribution in [0.5, 0.6) is 11.5 Å². The first kappa shape index (κ1) is 17.4. The van der Waals surface area contributed by atoms with Gasteiger partial charge in [0.15, 0.2) is 0 Å². The molecule has 0 amide bonds. The molecule has 0 heterocycles. The topological polar surface area (TPSA) is 68.3 Å². The number of methoxy groups -OCH3 is 1. The van der Waals surface area contributed by atoms with Crippen molar-refractivity contribution in [3.63, 3.8) is 0 Å². The molecule has 19 heavy (non-hydrogen) atoms. The molecule has 8 heteroatoms. The first-order valence-electron chi connectivity index (χ1n) is 4.93. The van der Waals surface area contributed by atoms with Crippen molar-refractivity contribution in [3.05, 3.63) is 23.8 Å². The SMILES string of the molecule is COc1ccc(OC(F)(F)F)cc1[C@H](N)CC#N.Cl. The van der Waals surface area contributed by atoms with Crippen molar-refractivity contribution in [2.75, 3.05) is 7.11 Å². The number of nitrogens with zero attached hydrogens (tertiary/aromatic N) is 1. The van der Waals surface area contributed by atoms with Crippen molar-refractivity contribution >= 4 is 12.4 Å². The molecule has 0 spiro atoms. The second-order valence-corrected chi connectivity index (χ2v) is 3.42. The normalized spacial score (nSPS) is 12.0. The maximum absolute atomic E-state index is 12.1. The number of nitrogens with two attached hydrogens (primary N) is 1. The number of hydrogen-bond donors (Lipinski definition) is 1. The van der Waals surface area contributed by atoms with E-state index in [1.807, 2.05) is 6.07 Å². The maximum atomic E-state index is 12.1. The summed E-state index contributed by atoms with van der Waals surface area (Å²) in [6.07, 6.45) is -4.81. The molecular weight excluding hydrogens is 285 g/mol. The Hall–Kier alpha value is -1.65. The molecule has 0 saturated heterocycles. The van der Waals surface area contributed by atoms with Gasteiger partial charge < -0.3 is 15.2 Å². The van der Waals surface area contributed by atoms with E-state index < -0.39 is 18.2 Å². The van der Waals surface area contributed by atoms with Gasteiger partial charge in [0.1, 0.15) is 11.5 Å². The fourth-order valence-corrected chi connectivity index (χ4v) is 1.41. The van der Waals surface area contributed by atoms with Gasteiger partial charge in [-0.2, -0.15) is 5.26 Å². The van der Waals surface area contributed by atoms with Crippen LogP contribution < -0.4 is 15.2 Å². The fraction of sp³-hybridized carbons (Fsp3) is 0.364. The van der Waals surface area contributed by atoms with Gasteiger partial charge in [-0.1, -0.05) is 0 Å². The van der Waals surface area contributed by atoms with Gasteiger partial charge in [0.05, 0.1) is 19.6 Å². The average Bonchev–Trinajstić information content (AvgIpc) is 2.27. The van der Waals surface area contributed by atoms with Gasteiger partial charge >= 0.3 is 6.36 Å². The lowest BCUT2D eigenvalue weighted by Crippen LogP contribution is -2.18. The third kappa shape index (κ3) is 5.24. The standard InChI is InChI=1S/C11H11F3N2O2.ClH/c1-17-10-3-2-7(18-11(12,13)14)6-8(10)9(16)4-5-15;/h2-3,6,9H,4,16H2,1H3;1H/t9-;/m1./s1. The zero-order valence-electron chi connectivity index (χ0n) is 9.90. The van der Waals surface area contributed by atoms with E-state index in [0.29, 0.717) is 11.3 Å². The molecule has 0 fully saturated rings. The minimum atomic E-state index is -4.77. The van der Waals surface area contributed by atoms with Gasteiger partial charge in [-0.05, 0) is 18.2 Å². The van der Waals surface area contributed by atoms with E-state index in [0.717, 1.165) is 12.1 Å². The number of ether oxygens (including phenoxy) is 2. The van der Waals surface area contributed by atoms with E-state index in [9.17, 15) is 13.2 Å². The number of alkyl halides is 3. The number of hydrogen-bond acceptors (Lipinski definition) is 4. The maximum Gasteiger partial charge on any atom is 0.573 e. The summed E-state index contributed by atoms with van der Waals surface area (Å²) in [5.74, 6) is -0.0843. The van der Waals surface area contributed by atoms with Gasteiger partial charge in [0.25, 0.3) is 0 Å². The van der Waals surface area contributed by atoms with Crippen LogP contribution in [-0.2, 0) is 0 Å². The predicted molar refractivity (Wildman–Crippen MR) is 64.1 cm³/mol. The molecule has 1 aromatic rings. The highest BCUT2D eigenvalue weighted by molar-refractivity contribution is 5.85. The van der Waals surface area contributed by atoms with Gasteiger partial charge in [0, 0.05) is 11.6 Å². The number of rotatable bonds is 4. The number of benzene rings is 1. The van der Waals surface area contributed by atoms with Crippen LogP contribution in [0.3, 0.4) is 0 Å². The zero-order valence-corrected chi connectivity index (χ0v) is 10.7. The number of halogens is 4. The van der Waals surface area contributed by atoms with Gasteiger partial charge in [-0.15, -0.1) is 25.6 Å². The minimum absolute atomic E-state index is 0. The molecule has 0 aliphatic heterocycles. The molecule has 4 nitrogen and oxygen atoms in total. The van der Waals surface area contributed by atoms with Crippen molar-refractivity contribution < 1.29 is 22.6 Å². The fourth-order valence-electron chi connectivity index (χ4n) is 1.41. The van der Waals surface area contributed by atoms with Crippen molar-refractivity contribution in [1.29, 1.82) is 5.26 Å². The Kier molecular flexibility index (Phi) is 6.45. The first-order chi connectivity index (χ1) is 8.37. The Bertz CT molecular complexity index is 460. The molecule has 0 saturated carbocycles. The quantitative estimate of drug-likeness (QED) is 0.927. The summed E-state index contributed by atoms with van der Waals surface area (Å²) in [4.78, 5) is 0. The molecule has 1 rings (SSSR count). The van der Waals surface area contributed by atoms with E-state index in [1.54, 1.807) is 0 Å². The van der Waals surface area contributed by atoms with Crippen LogP contribution in [0.25, 0.3) is 0 Å². The lowest BCUT2D eigenvalue weighted by atomic mass is 10.0. The van der Waals surface area contributed by atoms with Crippen LogP contribution in [0.1, 0.15) is 18.0 Å². The van der Waals surface area contributed by atoms with Crippen LogP contribution in [-0.4, -0.2) is 13.5 Å². The summed E-state index contributed by atoms with van der Waals surface area (Å²) < 4.78 is 45.0. The first-order valence-corrected chi connectivity index (χ1v) is 4.93. The van der Waals surface area contributed by atoms with Crippen LogP contribution in [0.4, 0.5) is 13.2 Å². The van der Waals surface area contributed by atoms with Gasteiger partial charge in [-0.3, -0.25) is 0 Å². The zero-order chi connectivity index (χ0) is 13.8. The number of nitriles is 1. The monoisotopic (exact) mass is 296 g/mol. The van der Waals surface area contributed by atoms with Crippen LogP contribution in [0.2, 0.25) is 0 Å². The Morgan fingerprint density at radius 3 is 2.53 bits per heavy atom. The second kappa shape index (κ2) is 7.07. The lowest BCUT2D eigenvalue weighted by molar-refractivity contribution is -0.274. The van der Waals surface area contributed by atoms with Crippen molar-refractivity contribution in [1.82, 2.24) is 0 Å². The Morgan fingerprint density at radius 2 is 2.05 bits per heavy atom. The Balaban J connectivity index is 0.00000324. The summed E-state index contributed by atoms with van der Waals surface area (Å²) >= 11 is 0. The molecule has 0 aliphatic rings. The van der Waals surface area contributed by atoms with E-state index in [1.165, 1.54) is 13.2 Å². The predicted octanol–water partition coefficient (Wildman–Crippen LogP) is 2.93. The van der Waals surface area contributed by atoms with Crippen LogP contribution in [0, 0.1) is 11.3 Å². The molecule has 1 atom stereocenters. The third-order valence-corrected chi connectivity index (χ3v) is 2.15. The summed E-state index contributed by atoms with van der Waals surface area (Å²) in [5, 5.41) is 8.54. The lowest BCUT2D eigenvalue weighted by Gasteiger charge is -2.15. The van der Waals surface area contributed by atoms with Crippen molar-refractivity contribution in [2.24, 2.45) is 5.73 Å². The summed E-state index contributed by atoms with van der Waals surface area (Å²) in [5.41, 5.74) is 5.97. The van der Waals surface area contributed by atoms with Crippen LogP contribution in [0.15, 0.2) is 18.2 Å². The van der Waals surface area contributed by atoms with Gasteiger partial charge in [-0.25, -0.2) is 0 Å². The Morgan fingerprint density at radius 1 is 1.42 bits per heavy atom. The summed E-state index contributed by atoms with van der Waals surface area (Å²) in [6, 6.07) is 4.66. The third-order valence-electron chi connectivity index (χ3n) is 2.15. The summed E-state index contributed by atoms with van der Waals surface area (Å²) in [6.45, 7) is 0. The highest BCUT2D eigenvalue weighted by atomic mass is 35.5. The van der Waals surface area contributed by atoms with Crippen molar-refractivity contribution in [2.45, 2.75) is 18.8 Å². The average molecular weight is 297 g/mol. The molecule has 0 unspecified atom stereocenters. The van der Waals surface area contributed by atoms with E-state index in [-0.39, 0.29) is 18.8 Å². The second-order valence-electron chi connectivity index (χ2n) is 3.42. The highest BCUT2D eigenvalue weighted by Gasteiger charge is 2.31. The Labute approximate surface area is 114 Å². The minimum Gasteiger partial charge on any atom is -0.496 e. The molecule has 0 aliphatic carbocycles. The van der Waals surface area contributed by atoms with Crippen LogP contribution >= 0.6 is 12.4 Å². The molecule has 1 aromatic carbocycles. The summed E-state index contributed by atoms with van der Waals surface area (Å²) in [7, 11) is 1.36. The van der Waals surface area contributed by atoms with Gasteiger partial charge in [0.2, 0.25) is 0 Å². The smallest absolute Gasteiger partial charge is 0.496 e. The van der Waals surface area contributed by atoms with E-state index in [2.05, 4.69) is 4.74 Å². The van der Waals surface area contributed by atoms with E-state index >= 15 is 0 Å². The van der Waals surface area contributed by atoms with E-state index in [4.69, 9.17) is 15.7 Å². The molecule has 0 aromatic heterocycles.